The molecule has 1 N–H and O–H groups in total. The maximum absolute atomic E-state index is 9.02. The number of allylic oxidation sites excluding steroid dienone is 1. The van der Waals surface area contributed by atoms with E-state index in [1.54, 1.807) is 7.11 Å². The van der Waals surface area contributed by atoms with Gasteiger partial charge in [0.15, 0.2) is 11.5 Å². The van der Waals surface area contributed by atoms with Crippen molar-refractivity contribution >= 4 is 0 Å². The largest absolute Gasteiger partial charge is 0.493 e. The minimum Gasteiger partial charge on any atom is -0.493 e. The van der Waals surface area contributed by atoms with Crippen LogP contribution in [-0.4, -0.2) is 18.8 Å². The lowest BCUT2D eigenvalue weighted by atomic mass is 10.1. The predicted octanol–water partition coefficient (Wildman–Crippen LogP) is 3.76. The van der Waals surface area contributed by atoms with Crippen molar-refractivity contribution < 1.29 is 14.6 Å². The molecule has 0 aliphatic heterocycles. The molecule has 2 aromatic rings. The number of ether oxygens (including phenoxy) is 2. The molecule has 0 aliphatic rings. The molecule has 0 unspecified atom stereocenters. The van der Waals surface area contributed by atoms with Crippen molar-refractivity contribution in [3.8, 4) is 11.5 Å². The smallest absolute Gasteiger partial charge is 0.161 e. The van der Waals surface area contributed by atoms with Gasteiger partial charge in [-0.1, -0.05) is 48.0 Å². The first-order valence-electron chi connectivity index (χ1n) is 7.33. The molecule has 3 nitrogen and oxygen atoms in total. The number of aliphatic hydroxyl groups excluding tert-OH is 1. The summed E-state index contributed by atoms with van der Waals surface area (Å²) in [6.07, 6.45) is 2.78. The SMILES string of the molecule is COc1cc(C/C=C(\C)CO)ccc1OCc1ccccc1. The van der Waals surface area contributed by atoms with E-state index in [-0.39, 0.29) is 6.61 Å². The van der Waals surface area contributed by atoms with Gasteiger partial charge in [-0.3, -0.25) is 0 Å². The van der Waals surface area contributed by atoms with Crippen LogP contribution >= 0.6 is 0 Å². The van der Waals surface area contributed by atoms with E-state index in [4.69, 9.17) is 14.6 Å². The van der Waals surface area contributed by atoms with Gasteiger partial charge in [0.1, 0.15) is 6.61 Å². The van der Waals surface area contributed by atoms with Crippen LogP contribution in [0.4, 0.5) is 0 Å². The second-order valence-electron chi connectivity index (χ2n) is 5.17. The normalized spacial score (nSPS) is 11.3. The van der Waals surface area contributed by atoms with Crippen molar-refractivity contribution in [2.75, 3.05) is 13.7 Å². The standard InChI is InChI=1S/C19H22O3/c1-15(13-20)8-9-16-10-11-18(19(12-16)21-2)22-14-17-6-4-3-5-7-17/h3-8,10-12,20H,9,13-14H2,1-2H3/b15-8+. The second kappa shape index (κ2) is 8.25. The Kier molecular flexibility index (Phi) is 6.04. The molecule has 2 rings (SSSR count). The highest BCUT2D eigenvalue weighted by atomic mass is 16.5. The molecule has 0 heterocycles. The second-order valence-corrected chi connectivity index (χ2v) is 5.17. The summed E-state index contributed by atoms with van der Waals surface area (Å²) in [6, 6.07) is 16.0. The molecule has 0 spiro atoms. The molecule has 0 radical (unpaired) electrons. The molecule has 0 atom stereocenters. The van der Waals surface area contributed by atoms with Gasteiger partial charge in [-0.15, -0.1) is 0 Å². The Hall–Kier alpha value is -2.26. The first-order chi connectivity index (χ1) is 10.7. The Morgan fingerprint density at radius 1 is 1.05 bits per heavy atom. The van der Waals surface area contributed by atoms with E-state index in [1.807, 2.05) is 61.5 Å². The predicted molar refractivity (Wildman–Crippen MR) is 88.3 cm³/mol. The van der Waals surface area contributed by atoms with Crippen LogP contribution in [0.5, 0.6) is 11.5 Å². The van der Waals surface area contributed by atoms with E-state index in [1.165, 1.54) is 0 Å². The number of benzene rings is 2. The maximum atomic E-state index is 9.02. The topological polar surface area (TPSA) is 38.7 Å². The summed E-state index contributed by atoms with van der Waals surface area (Å²) in [5, 5.41) is 9.02. The first kappa shape index (κ1) is 16.1. The number of methoxy groups -OCH3 is 1. The zero-order chi connectivity index (χ0) is 15.8. The maximum Gasteiger partial charge on any atom is 0.161 e. The lowest BCUT2D eigenvalue weighted by molar-refractivity contribution is 0.284. The number of rotatable bonds is 7. The fraction of sp³-hybridized carbons (Fsp3) is 0.263. The van der Waals surface area contributed by atoms with Gasteiger partial charge in [-0.25, -0.2) is 0 Å². The lowest BCUT2D eigenvalue weighted by Crippen LogP contribution is -1.98. The summed E-state index contributed by atoms with van der Waals surface area (Å²) in [6.45, 7) is 2.52. The van der Waals surface area contributed by atoms with Crippen LogP contribution in [0.15, 0.2) is 60.2 Å². The molecule has 2 aromatic carbocycles. The van der Waals surface area contributed by atoms with E-state index in [2.05, 4.69) is 0 Å². The van der Waals surface area contributed by atoms with Gasteiger partial charge in [0.25, 0.3) is 0 Å². The molecule has 0 amide bonds. The zero-order valence-electron chi connectivity index (χ0n) is 13.1. The number of aliphatic hydroxyl groups is 1. The minimum absolute atomic E-state index is 0.0927. The van der Waals surface area contributed by atoms with E-state index in [9.17, 15) is 0 Å². The quantitative estimate of drug-likeness (QED) is 0.791. The number of hydrogen-bond donors (Lipinski definition) is 1. The lowest BCUT2D eigenvalue weighted by Gasteiger charge is -2.12. The third kappa shape index (κ3) is 4.64. The van der Waals surface area contributed by atoms with Crippen LogP contribution in [0, 0.1) is 0 Å². The Balaban J connectivity index is 2.06. The monoisotopic (exact) mass is 298 g/mol. The van der Waals surface area contributed by atoms with E-state index in [0.29, 0.717) is 6.61 Å². The Morgan fingerprint density at radius 3 is 2.50 bits per heavy atom. The van der Waals surface area contributed by atoms with Gasteiger partial charge in [-0.2, -0.15) is 0 Å². The molecule has 0 aromatic heterocycles. The van der Waals surface area contributed by atoms with Crippen molar-refractivity contribution in [3.05, 3.63) is 71.3 Å². The summed E-state index contributed by atoms with van der Waals surface area (Å²) in [5.41, 5.74) is 3.20. The van der Waals surface area contributed by atoms with Crippen LogP contribution in [0.25, 0.3) is 0 Å². The minimum atomic E-state index is 0.0927. The van der Waals surface area contributed by atoms with Crippen molar-refractivity contribution in [1.82, 2.24) is 0 Å². The van der Waals surface area contributed by atoms with Crippen LogP contribution in [0.3, 0.4) is 0 Å². The molecule has 0 bridgehead atoms. The van der Waals surface area contributed by atoms with Crippen LogP contribution < -0.4 is 9.47 Å². The summed E-state index contributed by atoms with van der Waals surface area (Å²) in [5.74, 6) is 1.46. The summed E-state index contributed by atoms with van der Waals surface area (Å²) in [7, 11) is 1.64. The highest BCUT2D eigenvalue weighted by Gasteiger charge is 2.06. The van der Waals surface area contributed by atoms with Gasteiger partial charge in [-0.05, 0) is 36.6 Å². The van der Waals surface area contributed by atoms with E-state index < -0.39 is 0 Å². The third-order valence-electron chi connectivity index (χ3n) is 3.40. The molecular formula is C19H22O3. The molecule has 0 saturated carbocycles. The van der Waals surface area contributed by atoms with E-state index in [0.717, 1.165) is 34.6 Å². The van der Waals surface area contributed by atoms with Gasteiger partial charge in [0.2, 0.25) is 0 Å². The fourth-order valence-corrected chi connectivity index (χ4v) is 2.05. The molecule has 0 aliphatic carbocycles. The highest BCUT2D eigenvalue weighted by Crippen LogP contribution is 2.29. The third-order valence-corrected chi connectivity index (χ3v) is 3.40. The van der Waals surface area contributed by atoms with Crippen molar-refractivity contribution in [3.63, 3.8) is 0 Å². The van der Waals surface area contributed by atoms with Crippen LogP contribution in [0.1, 0.15) is 18.1 Å². The Labute approximate surface area is 131 Å². The molecule has 22 heavy (non-hydrogen) atoms. The molecule has 3 heteroatoms. The van der Waals surface area contributed by atoms with Gasteiger partial charge in [0.05, 0.1) is 13.7 Å². The van der Waals surface area contributed by atoms with Gasteiger partial charge in [0, 0.05) is 0 Å². The summed E-state index contributed by atoms with van der Waals surface area (Å²) in [4.78, 5) is 0. The first-order valence-corrected chi connectivity index (χ1v) is 7.33. The average molecular weight is 298 g/mol. The summed E-state index contributed by atoms with van der Waals surface area (Å²) < 4.78 is 11.2. The number of hydrogen-bond acceptors (Lipinski definition) is 3. The molecule has 116 valence electrons. The van der Waals surface area contributed by atoms with Crippen LogP contribution in [0.2, 0.25) is 0 Å². The Bertz CT molecular complexity index is 618. The average Bonchev–Trinajstić information content (AvgIpc) is 2.58. The van der Waals surface area contributed by atoms with Crippen molar-refractivity contribution in [2.45, 2.75) is 20.0 Å². The highest BCUT2D eigenvalue weighted by molar-refractivity contribution is 5.43. The van der Waals surface area contributed by atoms with Gasteiger partial charge >= 0.3 is 0 Å². The van der Waals surface area contributed by atoms with E-state index >= 15 is 0 Å². The summed E-state index contributed by atoms with van der Waals surface area (Å²) >= 11 is 0. The van der Waals surface area contributed by atoms with Gasteiger partial charge < -0.3 is 14.6 Å². The zero-order valence-corrected chi connectivity index (χ0v) is 13.1. The van der Waals surface area contributed by atoms with Crippen molar-refractivity contribution in [2.24, 2.45) is 0 Å². The molecule has 0 fully saturated rings. The van der Waals surface area contributed by atoms with Crippen molar-refractivity contribution in [1.29, 1.82) is 0 Å². The Morgan fingerprint density at radius 2 is 1.82 bits per heavy atom. The fourth-order valence-electron chi connectivity index (χ4n) is 2.05. The molecular weight excluding hydrogens is 276 g/mol. The molecule has 0 saturated heterocycles. The van der Waals surface area contributed by atoms with Crippen LogP contribution in [-0.2, 0) is 13.0 Å².